The monoisotopic (exact) mass is 285 g/mol. The number of carbonyl (C=O) groups excluding carboxylic acids is 1. The molecule has 1 aliphatic rings. The number of hydrogen-bond acceptors (Lipinski definition) is 3. The first-order chi connectivity index (χ1) is 9.21. The Kier molecular flexibility index (Phi) is 5.61. The van der Waals surface area contributed by atoms with E-state index in [1.807, 2.05) is 11.8 Å². The van der Waals surface area contributed by atoms with Crippen molar-refractivity contribution in [2.24, 2.45) is 5.41 Å². The van der Waals surface area contributed by atoms with Gasteiger partial charge in [0.2, 0.25) is 5.91 Å². The van der Waals surface area contributed by atoms with Crippen LogP contribution in [0.25, 0.3) is 0 Å². The van der Waals surface area contributed by atoms with Gasteiger partial charge in [-0.1, -0.05) is 20.8 Å². The second-order valence-corrected chi connectivity index (χ2v) is 6.84. The summed E-state index contributed by atoms with van der Waals surface area (Å²) in [6.07, 6.45) is 2.50. The zero-order chi connectivity index (χ0) is 15.6. The fourth-order valence-corrected chi connectivity index (χ4v) is 2.95. The minimum Gasteiger partial charge on any atom is -0.380 e. The summed E-state index contributed by atoms with van der Waals surface area (Å²) in [5.41, 5.74) is -0.441. The normalized spacial score (nSPS) is 24.2. The summed E-state index contributed by atoms with van der Waals surface area (Å²) < 4.78 is 11.2. The highest BCUT2D eigenvalue weighted by molar-refractivity contribution is 5.77. The van der Waals surface area contributed by atoms with Crippen LogP contribution in [0.1, 0.15) is 53.9 Å². The number of methoxy groups -OCH3 is 2. The van der Waals surface area contributed by atoms with Crippen molar-refractivity contribution in [3.8, 4) is 0 Å². The second-order valence-electron chi connectivity index (χ2n) is 6.84. The van der Waals surface area contributed by atoms with Crippen molar-refractivity contribution in [1.29, 1.82) is 0 Å². The number of nitrogens with zero attached hydrogens (tertiary/aromatic N) is 1. The Bertz CT molecular complexity index is 339. The van der Waals surface area contributed by atoms with Crippen LogP contribution in [0.2, 0.25) is 0 Å². The molecule has 0 aromatic carbocycles. The molecule has 0 N–H and O–H groups in total. The molecule has 4 nitrogen and oxygen atoms in total. The number of amides is 1. The number of likely N-dealkylation sites (tertiary alicyclic amines) is 1. The van der Waals surface area contributed by atoms with E-state index in [2.05, 4.69) is 27.7 Å². The summed E-state index contributed by atoms with van der Waals surface area (Å²) >= 11 is 0. The Balaban J connectivity index is 3.02. The number of hydrogen-bond donors (Lipinski definition) is 0. The number of ether oxygens (including phenoxy) is 2. The third-order valence-electron chi connectivity index (χ3n) is 5.28. The predicted octanol–water partition coefficient (Wildman–Crippen LogP) is 2.85. The maximum absolute atomic E-state index is 12.4. The largest absolute Gasteiger partial charge is 0.380 e. The molecule has 1 amide bonds. The van der Waals surface area contributed by atoms with E-state index in [9.17, 15) is 4.79 Å². The van der Waals surface area contributed by atoms with Gasteiger partial charge in [0.05, 0.1) is 11.7 Å². The van der Waals surface area contributed by atoms with Crippen LogP contribution >= 0.6 is 0 Å². The van der Waals surface area contributed by atoms with Gasteiger partial charge in [-0.15, -0.1) is 0 Å². The third kappa shape index (κ3) is 3.17. The summed E-state index contributed by atoms with van der Waals surface area (Å²) in [7, 11) is 3.46. The average molecular weight is 285 g/mol. The summed E-state index contributed by atoms with van der Waals surface area (Å²) in [5.74, 6) is 0.233. The maximum Gasteiger partial charge on any atom is 0.222 e. The molecule has 0 bridgehead atoms. The highest BCUT2D eigenvalue weighted by Crippen LogP contribution is 2.43. The molecule has 0 spiro atoms. The Morgan fingerprint density at radius 2 is 1.85 bits per heavy atom. The van der Waals surface area contributed by atoms with Gasteiger partial charge in [-0.25, -0.2) is 0 Å². The smallest absolute Gasteiger partial charge is 0.222 e. The van der Waals surface area contributed by atoms with Crippen LogP contribution in [0.15, 0.2) is 0 Å². The molecule has 0 radical (unpaired) electrons. The van der Waals surface area contributed by atoms with E-state index in [0.717, 1.165) is 12.8 Å². The molecule has 1 saturated heterocycles. The highest BCUT2D eigenvalue weighted by atomic mass is 16.5. The molecule has 118 valence electrons. The molecule has 1 aliphatic heterocycles. The predicted molar refractivity (Wildman–Crippen MR) is 80.7 cm³/mol. The van der Waals surface area contributed by atoms with Gasteiger partial charge < -0.3 is 14.4 Å². The molecular formula is C16H31NO3. The van der Waals surface area contributed by atoms with E-state index in [1.165, 1.54) is 0 Å². The van der Waals surface area contributed by atoms with Crippen molar-refractivity contribution < 1.29 is 14.3 Å². The van der Waals surface area contributed by atoms with Crippen LogP contribution in [0.3, 0.4) is 0 Å². The van der Waals surface area contributed by atoms with Crippen LogP contribution < -0.4 is 0 Å². The standard InChI is InChI=1S/C16H31NO3/c1-8-9-14(18)17-11-12(19-6)10-13(17)15(2,3)16(4,5)20-7/h12-13H,8-11H2,1-7H3/t12-,13+/m1/s1. The lowest BCUT2D eigenvalue weighted by molar-refractivity contribution is -0.142. The number of carbonyl (C=O) groups is 1. The first kappa shape index (κ1) is 17.4. The van der Waals surface area contributed by atoms with Gasteiger partial charge in [0.15, 0.2) is 0 Å². The van der Waals surface area contributed by atoms with E-state index in [1.54, 1.807) is 14.2 Å². The Hall–Kier alpha value is -0.610. The summed E-state index contributed by atoms with van der Waals surface area (Å²) in [6, 6.07) is 0.154. The Morgan fingerprint density at radius 1 is 1.25 bits per heavy atom. The topological polar surface area (TPSA) is 38.8 Å². The quantitative estimate of drug-likeness (QED) is 0.753. The summed E-state index contributed by atoms with van der Waals surface area (Å²) in [6.45, 7) is 11.3. The maximum atomic E-state index is 12.4. The molecule has 0 aromatic heterocycles. The van der Waals surface area contributed by atoms with E-state index in [-0.39, 0.29) is 29.1 Å². The molecule has 2 atom stereocenters. The number of rotatable bonds is 6. The van der Waals surface area contributed by atoms with Gasteiger partial charge in [0.1, 0.15) is 0 Å². The van der Waals surface area contributed by atoms with E-state index in [4.69, 9.17) is 9.47 Å². The summed E-state index contributed by atoms with van der Waals surface area (Å²) in [4.78, 5) is 14.4. The second kappa shape index (κ2) is 6.44. The van der Waals surface area contributed by atoms with Crippen LogP contribution in [-0.4, -0.2) is 49.3 Å². The highest BCUT2D eigenvalue weighted by Gasteiger charge is 2.50. The van der Waals surface area contributed by atoms with E-state index < -0.39 is 0 Å². The molecule has 4 heteroatoms. The van der Waals surface area contributed by atoms with Gasteiger partial charge in [0, 0.05) is 38.6 Å². The van der Waals surface area contributed by atoms with E-state index in [0.29, 0.717) is 13.0 Å². The first-order valence-corrected chi connectivity index (χ1v) is 7.58. The fraction of sp³-hybridized carbons (Fsp3) is 0.938. The lowest BCUT2D eigenvalue weighted by Crippen LogP contribution is -2.54. The minimum atomic E-state index is -0.301. The zero-order valence-electron chi connectivity index (χ0n) is 14.2. The lowest BCUT2D eigenvalue weighted by atomic mass is 9.70. The van der Waals surface area contributed by atoms with Crippen molar-refractivity contribution in [2.45, 2.75) is 71.6 Å². The Morgan fingerprint density at radius 3 is 2.30 bits per heavy atom. The molecule has 0 unspecified atom stereocenters. The average Bonchev–Trinajstić information content (AvgIpc) is 2.83. The fourth-order valence-electron chi connectivity index (χ4n) is 2.95. The molecule has 1 heterocycles. The van der Waals surface area contributed by atoms with Gasteiger partial charge in [-0.05, 0) is 26.7 Å². The molecule has 1 fully saturated rings. The van der Waals surface area contributed by atoms with Crippen molar-refractivity contribution in [1.82, 2.24) is 4.90 Å². The molecular weight excluding hydrogens is 254 g/mol. The van der Waals surface area contributed by atoms with Crippen molar-refractivity contribution >= 4 is 5.91 Å². The van der Waals surface area contributed by atoms with Gasteiger partial charge in [-0.3, -0.25) is 4.79 Å². The Labute approximate surface area is 123 Å². The van der Waals surface area contributed by atoms with Crippen molar-refractivity contribution in [3.63, 3.8) is 0 Å². The molecule has 0 saturated carbocycles. The van der Waals surface area contributed by atoms with Crippen molar-refractivity contribution in [2.75, 3.05) is 20.8 Å². The van der Waals surface area contributed by atoms with Crippen LogP contribution in [0.4, 0.5) is 0 Å². The third-order valence-corrected chi connectivity index (χ3v) is 5.28. The van der Waals surface area contributed by atoms with Crippen LogP contribution in [0, 0.1) is 5.41 Å². The van der Waals surface area contributed by atoms with Crippen molar-refractivity contribution in [3.05, 3.63) is 0 Å². The van der Waals surface area contributed by atoms with Gasteiger partial charge in [0.25, 0.3) is 0 Å². The molecule has 1 rings (SSSR count). The summed E-state index contributed by atoms with van der Waals surface area (Å²) in [5, 5.41) is 0. The molecule has 20 heavy (non-hydrogen) atoms. The SMILES string of the molecule is CCCC(=O)N1C[C@H](OC)C[C@H]1C(C)(C)C(C)(C)OC. The molecule has 0 aliphatic carbocycles. The molecule has 0 aromatic rings. The van der Waals surface area contributed by atoms with Gasteiger partial charge in [-0.2, -0.15) is 0 Å². The van der Waals surface area contributed by atoms with Crippen LogP contribution in [-0.2, 0) is 14.3 Å². The first-order valence-electron chi connectivity index (χ1n) is 7.58. The lowest BCUT2D eigenvalue weighted by Gasteiger charge is -2.47. The minimum absolute atomic E-state index is 0.132. The van der Waals surface area contributed by atoms with Crippen LogP contribution in [0.5, 0.6) is 0 Å². The zero-order valence-corrected chi connectivity index (χ0v) is 14.2. The van der Waals surface area contributed by atoms with Gasteiger partial charge >= 0.3 is 0 Å². The van der Waals surface area contributed by atoms with E-state index >= 15 is 0 Å².